The van der Waals surface area contributed by atoms with Crippen LogP contribution >= 0.6 is 12.2 Å². The van der Waals surface area contributed by atoms with Crippen LogP contribution in [0.3, 0.4) is 0 Å². The lowest BCUT2D eigenvalue weighted by atomic mass is 10.1. The van der Waals surface area contributed by atoms with Gasteiger partial charge < -0.3 is 19.5 Å². The molecule has 2 amide bonds. The van der Waals surface area contributed by atoms with Gasteiger partial charge in [0.15, 0.2) is 6.67 Å². The maximum absolute atomic E-state index is 11.7. The van der Waals surface area contributed by atoms with Crippen molar-refractivity contribution in [3.63, 3.8) is 0 Å². The SMILES string of the molecule is CNC(=O)c1ccc(C[NH+](C)Cn2nc(CN3CCCC3=O)oc2=S)cc1. The Balaban J connectivity index is 1.59. The highest BCUT2D eigenvalue weighted by molar-refractivity contribution is 7.71. The topological polar surface area (TPSA) is 84.8 Å². The fraction of sp³-hybridized carbons (Fsp3) is 0.444. The Morgan fingerprint density at radius 3 is 2.74 bits per heavy atom. The Hall–Kier alpha value is -2.52. The Labute approximate surface area is 162 Å². The molecule has 1 fully saturated rings. The van der Waals surface area contributed by atoms with E-state index in [1.807, 2.05) is 31.3 Å². The third-order valence-corrected chi connectivity index (χ3v) is 4.81. The number of aromatic nitrogens is 2. The van der Waals surface area contributed by atoms with Crippen molar-refractivity contribution >= 4 is 24.0 Å². The molecule has 27 heavy (non-hydrogen) atoms. The minimum absolute atomic E-state index is 0.0971. The lowest BCUT2D eigenvalue weighted by Crippen LogP contribution is -3.07. The summed E-state index contributed by atoms with van der Waals surface area (Å²) in [6, 6.07) is 7.52. The molecule has 1 aliphatic rings. The summed E-state index contributed by atoms with van der Waals surface area (Å²) < 4.78 is 7.20. The number of quaternary nitrogens is 1. The van der Waals surface area contributed by atoms with Gasteiger partial charge in [-0.05, 0) is 30.8 Å². The highest BCUT2D eigenvalue weighted by Gasteiger charge is 2.22. The summed E-state index contributed by atoms with van der Waals surface area (Å²) in [7, 11) is 3.65. The summed E-state index contributed by atoms with van der Waals surface area (Å²) in [5.74, 6) is 0.506. The van der Waals surface area contributed by atoms with Gasteiger partial charge in [0.2, 0.25) is 11.8 Å². The molecule has 0 spiro atoms. The van der Waals surface area contributed by atoms with Crippen molar-refractivity contribution < 1.29 is 18.9 Å². The van der Waals surface area contributed by atoms with Crippen molar-refractivity contribution in [2.75, 3.05) is 20.6 Å². The zero-order valence-corrected chi connectivity index (χ0v) is 16.3. The standard InChI is InChI=1S/C18H23N5O3S/c1-19-17(25)14-7-5-13(6-8-14)10-21(2)12-23-18(27)26-15(20-23)11-22-9-3-4-16(22)24/h5-8H,3-4,9-12H2,1-2H3,(H,19,25)/p+1. The number of nitrogens with one attached hydrogen (secondary N) is 2. The first-order valence-electron chi connectivity index (χ1n) is 8.93. The fourth-order valence-corrected chi connectivity index (χ4v) is 3.33. The number of nitrogens with zero attached hydrogens (tertiary/aromatic N) is 3. The van der Waals surface area contributed by atoms with Crippen molar-refractivity contribution in [2.24, 2.45) is 0 Å². The van der Waals surface area contributed by atoms with Crippen LogP contribution in [0.4, 0.5) is 0 Å². The van der Waals surface area contributed by atoms with Crippen molar-refractivity contribution in [3.8, 4) is 0 Å². The van der Waals surface area contributed by atoms with Gasteiger partial charge in [-0.3, -0.25) is 9.59 Å². The molecule has 0 saturated carbocycles. The van der Waals surface area contributed by atoms with Crippen LogP contribution in [0.1, 0.15) is 34.7 Å². The summed E-state index contributed by atoms with van der Waals surface area (Å²) in [5, 5.41) is 7.02. The molecule has 3 rings (SSSR count). The number of likely N-dealkylation sites (tertiary alicyclic amines) is 1. The third-order valence-electron chi connectivity index (χ3n) is 4.51. The van der Waals surface area contributed by atoms with Crippen LogP contribution in [-0.2, 0) is 24.6 Å². The molecular formula is C18H24N5O3S+. The highest BCUT2D eigenvalue weighted by atomic mass is 32.1. The van der Waals surface area contributed by atoms with Crippen LogP contribution in [0.25, 0.3) is 0 Å². The monoisotopic (exact) mass is 390 g/mol. The van der Waals surface area contributed by atoms with Gasteiger partial charge in [-0.1, -0.05) is 12.1 Å². The zero-order valence-electron chi connectivity index (χ0n) is 15.5. The smallest absolute Gasteiger partial charge is 0.291 e. The van der Waals surface area contributed by atoms with E-state index in [0.717, 1.165) is 30.0 Å². The number of amides is 2. The molecule has 0 radical (unpaired) electrons. The Bertz CT molecular complexity index is 874. The molecule has 8 nitrogen and oxygen atoms in total. The number of benzene rings is 1. The van der Waals surface area contributed by atoms with Gasteiger partial charge in [0.1, 0.15) is 6.54 Å². The molecule has 9 heteroatoms. The molecule has 2 aromatic rings. The van der Waals surface area contributed by atoms with Crippen molar-refractivity contribution in [3.05, 3.63) is 46.1 Å². The summed E-state index contributed by atoms with van der Waals surface area (Å²) in [6.07, 6.45) is 1.47. The number of carbonyl (C=O) groups is 2. The average Bonchev–Trinajstić information content (AvgIpc) is 3.20. The first-order valence-corrected chi connectivity index (χ1v) is 9.34. The van der Waals surface area contributed by atoms with Gasteiger partial charge in [-0.2, -0.15) is 4.68 Å². The molecule has 1 atom stereocenters. The van der Waals surface area contributed by atoms with E-state index >= 15 is 0 Å². The molecule has 1 unspecified atom stereocenters. The molecule has 144 valence electrons. The van der Waals surface area contributed by atoms with Crippen LogP contribution in [0, 0.1) is 4.84 Å². The predicted molar refractivity (Wildman–Crippen MR) is 100 cm³/mol. The Kier molecular flexibility index (Phi) is 6.02. The van der Waals surface area contributed by atoms with Crippen LogP contribution in [0.15, 0.2) is 28.7 Å². The number of hydrogen-bond donors (Lipinski definition) is 2. The van der Waals surface area contributed by atoms with Gasteiger partial charge in [-0.25, -0.2) is 0 Å². The van der Waals surface area contributed by atoms with E-state index in [-0.39, 0.29) is 11.8 Å². The maximum atomic E-state index is 11.7. The van der Waals surface area contributed by atoms with E-state index in [0.29, 0.717) is 35.9 Å². The fourth-order valence-electron chi connectivity index (χ4n) is 3.13. The molecule has 0 aliphatic carbocycles. The predicted octanol–water partition coefficient (Wildman–Crippen LogP) is 0.360. The van der Waals surface area contributed by atoms with Crippen LogP contribution in [0.5, 0.6) is 0 Å². The molecule has 2 heterocycles. The van der Waals surface area contributed by atoms with Crippen LogP contribution < -0.4 is 10.2 Å². The van der Waals surface area contributed by atoms with Gasteiger partial charge in [0, 0.05) is 31.1 Å². The van der Waals surface area contributed by atoms with E-state index < -0.39 is 0 Å². The van der Waals surface area contributed by atoms with Gasteiger partial charge in [0.25, 0.3) is 10.7 Å². The quantitative estimate of drug-likeness (QED) is 0.667. The van der Waals surface area contributed by atoms with Crippen molar-refractivity contribution in [1.82, 2.24) is 20.0 Å². The number of hydrogen-bond acceptors (Lipinski definition) is 5. The summed E-state index contributed by atoms with van der Waals surface area (Å²) >= 11 is 5.26. The van der Waals surface area contributed by atoms with Crippen LogP contribution in [0.2, 0.25) is 0 Å². The van der Waals surface area contributed by atoms with Gasteiger partial charge in [-0.15, -0.1) is 5.10 Å². The normalized spacial score (nSPS) is 15.2. The minimum atomic E-state index is -0.0971. The third kappa shape index (κ3) is 4.81. The summed E-state index contributed by atoms with van der Waals surface area (Å²) in [4.78, 5) is 26.5. The second kappa shape index (κ2) is 8.45. The molecule has 0 bridgehead atoms. The molecule has 1 saturated heterocycles. The highest BCUT2D eigenvalue weighted by Crippen LogP contribution is 2.13. The first kappa shape index (κ1) is 19.2. The van der Waals surface area contributed by atoms with E-state index in [1.54, 1.807) is 16.6 Å². The van der Waals surface area contributed by atoms with Crippen LogP contribution in [-0.4, -0.2) is 47.1 Å². The maximum Gasteiger partial charge on any atom is 0.291 e. The second-order valence-electron chi connectivity index (χ2n) is 6.75. The minimum Gasteiger partial charge on any atom is -0.412 e. The number of carbonyl (C=O) groups excluding carboxylic acids is 2. The van der Waals surface area contributed by atoms with E-state index in [2.05, 4.69) is 10.4 Å². The van der Waals surface area contributed by atoms with Crippen molar-refractivity contribution in [2.45, 2.75) is 32.6 Å². The molecule has 1 aliphatic heterocycles. The summed E-state index contributed by atoms with van der Waals surface area (Å²) in [5.41, 5.74) is 1.75. The van der Waals surface area contributed by atoms with E-state index in [1.165, 1.54) is 0 Å². The largest absolute Gasteiger partial charge is 0.412 e. The second-order valence-corrected chi connectivity index (χ2v) is 7.10. The van der Waals surface area contributed by atoms with E-state index in [9.17, 15) is 9.59 Å². The molecular weight excluding hydrogens is 366 g/mol. The first-order chi connectivity index (χ1) is 13.0. The molecule has 2 N–H and O–H groups in total. The summed E-state index contributed by atoms with van der Waals surface area (Å²) in [6.45, 7) is 2.41. The van der Waals surface area contributed by atoms with Gasteiger partial charge in [0.05, 0.1) is 13.6 Å². The molecule has 1 aromatic carbocycles. The van der Waals surface area contributed by atoms with Gasteiger partial charge >= 0.3 is 0 Å². The lowest BCUT2D eigenvalue weighted by molar-refractivity contribution is -0.917. The average molecular weight is 390 g/mol. The zero-order chi connectivity index (χ0) is 19.4. The molecule has 1 aromatic heterocycles. The lowest BCUT2D eigenvalue weighted by Gasteiger charge is -2.14. The Morgan fingerprint density at radius 1 is 1.37 bits per heavy atom. The van der Waals surface area contributed by atoms with Crippen molar-refractivity contribution in [1.29, 1.82) is 0 Å². The Morgan fingerprint density at radius 2 is 2.11 bits per heavy atom. The number of rotatable bonds is 7. The van der Waals surface area contributed by atoms with E-state index in [4.69, 9.17) is 16.6 Å².